The summed E-state index contributed by atoms with van der Waals surface area (Å²) in [7, 11) is 0. The van der Waals surface area contributed by atoms with E-state index < -0.39 is 11.6 Å². The molecule has 0 radical (unpaired) electrons. The van der Waals surface area contributed by atoms with Crippen molar-refractivity contribution in [3.8, 4) is 12.3 Å². The van der Waals surface area contributed by atoms with Gasteiger partial charge in [-0.1, -0.05) is 25.5 Å². The highest BCUT2D eigenvalue weighted by molar-refractivity contribution is 5.87. The molecule has 0 amide bonds. The molecule has 0 heterocycles. The van der Waals surface area contributed by atoms with E-state index in [0.717, 1.165) is 19.3 Å². The minimum Gasteiger partial charge on any atom is -0.453 e. The Balaban J connectivity index is 2.25. The molecule has 0 aliphatic heterocycles. The lowest BCUT2D eigenvalue weighted by atomic mass is 9.89. The van der Waals surface area contributed by atoms with E-state index in [1.807, 2.05) is 19.8 Å². The maximum atomic E-state index is 10.9. The summed E-state index contributed by atoms with van der Waals surface area (Å²) >= 11 is 0. The van der Waals surface area contributed by atoms with E-state index in [1.165, 1.54) is 5.57 Å². The Bertz CT molecular complexity index is 397. The first-order valence-corrected chi connectivity index (χ1v) is 6.69. The molecule has 19 heavy (non-hydrogen) atoms. The van der Waals surface area contributed by atoms with Crippen LogP contribution in [0.15, 0.2) is 11.6 Å². The summed E-state index contributed by atoms with van der Waals surface area (Å²) in [4.78, 5) is 10.9. The minimum atomic E-state index is -0.642. The Morgan fingerprint density at radius 2 is 2.21 bits per heavy atom. The molecule has 106 valence electrons. The molecule has 1 rings (SSSR count). The molecule has 0 saturated carbocycles. The van der Waals surface area contributed by atoms with E-state index in [0.29, 0.717) is 12.0 Å². The fraction of sp³-hybridized carbons (Fsp3) is 0.688. The van der Waals surface area contributed by atoms with Crippen LogP contribution in [0.4, 0.5) is 0 Å². The Hall–Kier alpha value is -1.27. The zero-order valence-electron chi connectivity index (χ0n) is 12.4. The van der Waals surface area contributed by atoms with E-state index in [1.54, 1.807) is 0 Å². The van der Waals surface area contributed by atoms with Gasteiger partial charge in [-0.05, 0) is 38.5 Å². The molecule has 3 heteroatoms. The van der Waals surface area contributed by atoms with Gasteiger partial charge in [-0.25, -0.2) is 4.79 Å². The van der Waals surface area contributed by atoms with Gasteiger partial charge in [0, 0.05) is 5.92 Å². The van der Waals surface area contributed by atoms with Crippen molar-refractivity contribution >= 4 is 5.97 Å². The molecule has 3 nitrogen and oxygen atoms in total. The molecule has 1 aliphatic rings. The smallest absolute Gasteiger partial charge is 0.384 e. The van der Waals surface area contributed by atoms with E-state index in [4.69, 9.17) is 15.9 Å². The number of carbonyl (C=O) groups excluding carboxylic acids is 1. The molecular formula is C16H24O3. The predicted octanol–water partition coefficient (Wildman–Crippen LogP) is 3.09. The Morgan fingerprint density at radius 1 is 1.53 bits per heavy atom. The molecule has 0 spiro atoms. The fourth-order valence-electron chi connectivity index (χ4n) is 2.15. The van der Waals surface area contributed by atoms with Crippen LogP contribution in [0.5, 0.6) is 0 Å². The Labute approximate surface area is 116 Å². The highest BCUT2D eigenvalue weighted by atomic mass is 16.6. The van der Waals surface area contributed by atoms with Gasteiger partial charge >= 0.3 is 5.97 Å². The van der Waals surface area contributed by atoms with Gasteiger partial charge in [0.15, 0.2) is 0 Å². The van der Waals surface area contributed by atoms with Crippen LogP contribution in [0.2, 0.25) is 0 Å². The van der Waals surface area contributed by atoms with Crippen LogP contribution in [-0.4, -0.2) is 24.8 Å². The van der Waals surface area contributed by atoms with Gasteiger partial charge in [-0.3, -0.25) is 0 Å². The highest BCUT2D eigenvalue weighted by Gasteiger charge is 2.25. The van der Waals surface area contributed by atoms with Gasteiger partial charge in [0.1, 0.15) is 6.61 Å². The predicted molar refractivity (Wildman–Crippen MR) is 75.5 cm³/mol. The van der Waals surface area contributed by atoms with Crippen LogP contribution in [0.1, 0.15) is 47.0 Å². The summed E-state index contributed by atoms with van der Waals surface area (Å²) < 4.78 is 10.7. The summed E-state index contributed by atoms with van der Waals surface area (Å²) in [5.74, 6) is 1.28. The number of esters is 1. The standard InChI is InChI=1S/C16H24O3/c1-6-14(17)18-12-16(4,5)19-10-8-13-7-9-15(2,3)11-13/h1,7H,8-12H2,2-5H3. The zero-order valence-corrected chi connectivity index (χ0v) is 12.4. The largest absolute Gasteiger partial charge is 0.453 e. The van der Waals surface area contributed by atoms with Crippen LogP contribution in [0.25, 0.3) is 0 Å². The SMILES string of the molecule is C#CC(=O)OCC(C)(C)OCCC1=CCC(C)(C)C1. The molecule has 0 bridgehead atoms. The van der Waals surface area contributed by atoms with Crippen LogP contribution in [0, 0.1) is 17.8 Å². The van der Waals surface area contributed by atoms with Crippen molar-refractivity contribution in [1.29, 1.82) is 0 Å². The van der Waals surface area contributed by atoms with Crippen molar-refractivity contribution < 1.29 is 14.3 Å². The topological polar surface area (TPSA) is 35.5 Å². The maximum Gasteiger partial charge on any atom is 0.384 e. The van der Waals surface area contributed by atoms with Crippen LogP contribution >= 0.6 is 0 Å². The van der Waals surface area contributed by atoms with Gasteiger partial charge < -0.3 is 9.47 Å². The van der Waals surface area contributed by atoms with Gasteiger partial charge in [0.25, 0.3) is 0 Å². The summed E-state index contributed by atoms with van der Waals surface area (Å²) in [5.41, 5.74) is 1.36. The minimum absolute atomic E-state index is 0.181. The Kier molecular flexibility index (Phi) is 5.20. The van der Waals surface area contributed by atoms with Gasteiger partial charge in [-0.15, -0.1) is 6.42 Å². The number of hydrogen-bond donors (Lipinski definition) is 0. The van der Waals surface area contributed by atoms with Crippen molar-refractivity contribution in [3.63, 3.8) is 0 Å². The Morgan fingerprint density at radius 3 is 2.74 bits per heavy atom. The second-order valence-corrected chi connectivity index (χ2v) is 6.49. The third-order valence-corrected chi connectivity index (χ3v) is 3.23. The maximum absolute atomic E-state index is 10.9. The first-order valence-electron chi connectivity index (χ1n) is 6.69. The van der Waals surface area contributed by atoms with Gasteiger partial charge in [-0.2, -0.15) is 0 Å². The molecule has 0 aromatic rings. The van der Waals surface area contributed by atoms with Crippen molar-refractivity contribution in [1.82, 2.24) is 0 Å². The summed E-state index contributed by atoms with van der Waals surface area (Å²) in [5, 5.41) is 0. The first-order chi connectivity index (χ1) is 8.74. The van der Waals surface area contributed by atoms with Crippen LogP contribution in [0.3, 0.4) is 0 Å². The number of terminal acetylenes is 1. The van der Waals surface area contributed by atoms with Crippen molar-refractivity contribution in [2.24, 2.45) is 5.41 Å². The second kappa shape index (κ2) is 6.25. The lowest BCUT2D eigenvalue weighted by molar-refractivity contribution is -0.146. The second-order valence-electron chi connectivity index (χ2n) is 6.49. The van der Waals surface area contributed by atoms with E-state index in [2.05, 4.69) is 19.9 Å². The molecule has 0 saturated heterocycles. The third-order valence-electron chi connectivity index (χ3n) is 3.23. The molecule has 0 aromatic heterocycles. The summed E-state index contributed by atoms with van der Waals surface area (Å²) in [6, 6.07) is 0. The molecule has 0 unspecified atom stereocenters. The average Bonchev–Trinajstić information content (AvgIpc) is 2.66. The molecule has 0 atom stereocenters. The van der Waals surface area contributed by atoms with E-state index >= 15 is 0 Å². The molecule has 0 fully saturated rings. The zero-order chi connectivity index (χ0) is 14.5. The molecule has 1 aliphatic carbocycles. The monoisotopic (exact) mass is 264 g/mol. The van der Waals surface area contributed by atoms with Gasteiger partial charge in [0.2, 0.25) is 0 Å². The number of ether oxygens (including phenoxy) is 2. The van der Waals surface area contributed by atoms with E-state index in [-0.39, 0.29) is 6.61 Å². The average molecular weight is 264 g/mol. The van der Waals surface area contributed by atoms with Crippen molar-refractivity contribution in [2.75, 3.05) is 13.2 Å². The highest BCUT2D eigenvalue weighted by Crippen LogP contribution is 2.37. The first kappa shape index (κ1) is 15.8. The fourth-order valence-corrected chi connectivity index (χ4v) is 2.15. The number of rotatable bonds is 6. The van der Waals surface area contributed by atoms with Gasteiger partial charge in [0.05, 0.1) is 12.2 Å². The number of carbonyl (C=O) groups is 1. The van der Waals surface area contributed by atoms with Crippen molar-refractivity contribution in [2.45, 2.75) is 52.6 Å². The number of allylic oxidation sites excluding steroid dienone is 1. The lowest BCUT2D eigenvalue weighted by Gasteiger charge is -2.24. The molecule has 0 N–H and O–H groups in total. The van der Waals surface area contributed by atoms with Crippen LogP contribution < -0.4 is 0 Å². The van der Waals surface area contributed by atoms with E-state index in [9.17, 15) is 4.79 Å². The molecular weight excluding hydrogens is 240 g/mol. The lowest BCUT2D eigenvalue weighted by Crippen LogP contribution is -2.32. The van der Waals surface area contributed by atoms with Crippen molar-refractivity contribution in [3.05, 3.63) is 11.6 Å². The number of hydrogen-bond acceptors (Lipinski definition) is 3. The quantitative estimate of drug-likeness (QED) is 0.320. The third kappa shape index (κ3) is 5.94. The summed E-state index contributed by atoms with van der Waals surface area (Å²) in [6.07, 6.45) is 10.5. The van der Waals surface area contributed by atoms with Crippen LogP contribution in [-0.2, 0) is 14.3 Å². The summed E-state index contributed by atoms with van der Waals surface area (Å²) in [6.45, 7) is 9.16. The normalized spacial score (nSPS) is 17.7. The molecule has 0 aromatic carbocycles.